The summed E-state index contributed by atoms with van der Waals surface area (Å²) in [5.74, 6) is 0.707. The molecular weight excluding hydrogens is 392 g/mol. The Bertz CT molecular complexity index is 1010. The van der Waals surface area contributed by atoms with Crippen molar-refractivity contribution in [2.24, 2.45) is 0 Å². The van der Waals surface area contributed by atoms with Crippen LogP contribution in [0.4, 0.5) is 5.69 Å². The van der Waals surface area contributed by atoms with Crippen LogP contribution in [0, 0.1) is 0 Å². The number of hydrogen-bond donors (Lipinski definition) is 1. The van der Waals surface area contributed by atoms with Gasteiger partial charge < -0.3 is 14.8 Å². The molecule has 0 saturated carbocycles. The molecule has 0 atom stereocenters. The van der Waals surface area contributed by atoms with E-state index < -0.39 is 10.0 Å². The van der Waals surface area contributed by atoms with E-state index in [1.165, 1.54) is 23.6 Å². The van der Waals surface area contributed by atoms with E-state index in [-0.39, 0.29) is 10.8 Å². The van der Waals surface area contributed by atoms with Gasteiger partial charge in [-0.15, -0.1) is 0 Å². The number of carbonyl (C=O) groups is 1. The summed E-state index contributed by atoms with van der Waals surface area (Å²) in [7, 11) is -0.463. The molecule has 0 radical (unpaired) electrons. The summed E-state index contributed by atoms with van der Waals surface area (Å²) >= 11 is 0. The predicted octanol–water partition coefficient (Wildman–Crippen LogP) is 3.14. The normalized spacial score (nSPS) is 14.8. The molecule has 1 amide bonds. The van der Waals surface area contributed by atoms with Gasteiger partial charge in [0, 0.05) is 30.4 Å². The molecule has 1 heterocycles. The molecule has 29 heavy (non-hydrogen) atoms. The molecule has 2 aromatic rings. The number of benzene rings is 2. The number of sulfonamides is 1. The smallest absolute Gasteiger partial charge is 0.248 e. The maximum Gasteiger partial charge on any atom is 0.248 e. The molecule has 1 aliphatic rings. The van der Waals surface area contributed by atoms with E-state index in [9.17, 15) is 13.2 Å². The Labute approximate surface area is 171 Å². The molecule has 1 N–H and O–H groups in total. The second kappa shape index (κ2) is 9.11. The zero-order valence-electron chi connectivity index (χ0n) is 16.4. The summed E-state index contributed by atoms with van der Waals surface area (Å²) in [4.78, 5) is 12.5. The van der Waals surface area contributed by atoms with Gasteiger partial charge in [-0.05, 0) is 43.2 Å². The molecule has 2 aromatic carbocycles. The van der Waals surface area contributed by atoms with E-state index in [2.05, 4.69) is 5.32 Å². The van der Waals surface area contributed by atoms with Crippen LogP contribution in [-0.4, -0.2) is 45.9 Å². The van der Waals surface area contributed by atoms with Gasteiger partial charge in [-0.1, -0.05) is 18.2 Å². The van der Waals surface area contributed by atoms with E-state index in [1.54, 1.807) is 49.6 Å². The second-order valence-corrected chi connectivity index (χ2v) is 8.48. The van der Waals surface area contributed by atoms with Crippen molar-refractivity contribution >= 4 is 27.7 Å². The average molecular weight is 416 g/mol. The van der Waals surface area contributed by atoms with Gasteiger partial charge in [-0.3, -0.25) is 4.79 Å². The number of methoxy groups -OCH3 is 2. The van der Waals surface area contributed by atoms with Crippen LogP contribution < -0.4 is 14.8 Å². The van der Waals surface area contributed by atoms with Gasteiger partial charge in [0.2, 0.25) is 15.9 Å². The molecule has 154 valence electrons. The third-order valence-electron chi connectivity index (χ3n) is 4.65. The Hall–Kier alpha value is -2.84. The van der Waals surface area contributed by atoms with Crippen LogP contribution in [0.1, 0.15) is 18.4 Å². The number of nitrogens with one attached hydrogen (secondary N) is 1. The number of anilines is 1. The minimum atomic E-state index is -3.54. The zero-order valence-corrected chi connectivity index (χ0v) is 17.2. The van der Waals surface area contributed by atoms with Gasteiger partial charge >= 0.3 is 0 Å². The Morgan fingerprint density at radius 1 is 1.07 bits per heavy atom. The summed E-state index contributed by atoms with van der Waals surface area (Å²) in [5, 5.41) is 2.70. The number of para-hydroxylation sites is 1. The summed E-state index contributed by atoms with van der Waals surface area (Å²) in [6.45, 7) is 1.06. The summed E-state index contributed by atoms with van der Waals surface area (Å²) < 4.78 is 37.4. The van der Waals surface area contributed by atoms with E-state index in [0.717, 1.165) is 12.8 Å². The molecule has 0 aliphatic carbocycles. The molecule has 0 spiro atoms. The lowest BCUT2D eigenvalue weighted by atomic mass is 10.1. The summed E-state index contributed by atoms with van der Waals surface area (Å²) in [5.41, 5.74) is 1.10. The molecule has 1 aliphatic heterocycles. The lowest BCUT2D eigenvalue weighted by Gasteiger charge is -2.16. The third kappa shape index (κ3) is 4.78. The van der Waals surface area contributed by atoms with Gasteiger partial charge in [0.05, 0.1) is 19.1 Å². The fourth-order valence-corrected chi connectivity index (χ4v) is 4.77. The topological polar surface area (TPSA) is 84.9 Å². The van der Waals surface area contributed by atoms with Crippen molar-refractivity contribution in [1.82, 2.24) is 4.31 Å². The van der Waals surface area contributed by atoms with Gasteiger partial charge in [0.15, 0.2) is 11.5 Å². The van der Waals surface area contributed by atoms with E-state index in [4.69, 9.17) is 9.47 Å². The van der Waals surface area contributed by atoms with Crippen molar-refractivity contribution in [2.75, 3.05) is 32.6 Å². The predicted molar refractivity (Wildman–Crippen MR) is 112 cm³/mol. The molecule has 8 heteroatoms. The second-order valence-electron chi connectivity index (χ2n) is 6.54. The largest absolute Gasteiger partial charge is 0.493 e. The highest BCUT2D eigenvalue weighted by molar-refractivity contribution is 7.89. The molecule has 1 fully saturated rings. The van der Waals surface area contributed by atoms with Crippen molar-refractivity contribution in [1.29, 1.82) is 0 Å². The highest BCUT2D eigenvalue weighted by Crippen LogP contribution is 2.31. The highest BCUT2D eigenvalue weighted by Gasteiger charge is 2.27. The van der Waals surface area contributed by atoms with Crippen LogP contribution in [0.5, 0.6) is 11.5 Å². The van der Waals surface area contributed by atoms with Crippen LogP contribution in [0.2, 0.25) is 0 Å². The monoisotopic (exact) mass is 416 g/mol. The fourth-order valence-electron chi connectivity index (χ4n) is 3.20. The molecule has 0 aromatic heterocycles. The first-order chi connectivity index (χ1) is 14.0. The molecular formula is C21H24N2O5S. The Kier molecular flexibility index (Phi) is 6.56. The first-order valence-corrected chi connectivity index (χ1v) is 10.7. The summed E-state index contributed by atoms with van der Waals surface area (Å²) in [6, 6.07) is 11.7. The number of hydrogen-bond acceptors (Lipinski definition) is 5. The van der Waals surface area contributed by atoms with Crippen LogP contribution in [-0.2, 0) is 14.8 Å². The van der Waals surface area contributed by atoms with Gasteiger partial charge in [0.1, 0.15) is 0 Å². The van der Waals surface area contributed by atoms with Crippen molar-refractivity contribution in [3.8, 4) is 11.5 Å². The van der Waals surface area contributed by atoms with Crippen LogP contribution >= 0.6 is 0 Å². The number of carbonyl (C=O) groups excluding carboxylic acids is 1. The molecule has 7 nitrogen and oxygen atoms in total. The first-order valence-electron chi connectivity index (χ1n) is 9.26. The SMILES string of the molecule is COc1cccc(/C=C/C(=O)Nc2cccc(S(=O)(=O)N3CCCC3)c2)c1OC. The minimum Gasteiger partial charge on any atom is -0.493 e. The maximum atomic E-state index is 12.7. The standard InChI is InChI=1S/C21H24N2O5S/c1-27-19-10-5-7-16(21(19)28-2)11-12-20(24)22-17-8-6-9-18(15-17)29(25,26)23-13-3-4-14-23/h5-12,15H,3-4,13-14H2,1-2H3,(H,22,24)/b12-11+. The van der Waals surface area contributed by atoms with Crippen molar-refractivity contribution < 1.29 is 22.7 Å². The fraction of sp³-hybridized carbons (Fsp3) is 0.286. The molecule has 1 saturated heterocycles. The average Bonchev–Trinajstić information content (AvgIpc) is 3.28. The van der Waals surface area contributed by atoms with Crippen molar-refractivity contribution in [3.63, 3.8) is 0 Å². The Morgan fingerprint density at radius 3 is 2.48 bits per heavy atom. The lowest BCUT2D eigenvalue weighted by molar-refractivity contribution is -0.111. The van der Waals surface area contributed by atoms with Crippen LogP contribution in [0.25, 0.3) is 6.08 Å². The zero-order chi connectivity index (χ0) is 20.9. The van der Waals surface area contributed by atoms with E-state index in [1.807, 2.05) is 0 Å². The number of nitrogens with zero attached hydrogens (tertiary/aromatic N) is 1. The summed E-state index contributed by atoms with van der Waals surface area (Å²) in [6.07, 6.45) is 4.71. The lowest BCUT2D eigenvalue weighted by Crippen LogP contribution is -2.27. The quantitative estimate of drug-likeness (QED) is 0.701. The Morgan fingerprint density at radius 2 is 1.79 bits per heavy atom. The van der Waals surface area contributed by atoms with E-state index >= 15 is 0 Å². The van der Waals surface area contributed by atoms with Gasteiger partial charge in [0.25, 0.3) is 0 Å². The molecule has 0 unspecified atom stereocenters. The third-order valence-corrected chi connectivity index (χ3v) is 6.55. The minimum absolute atomic E-state index is 0.177. The Balaban J connectivity index is 1.74. The van der Waals surface area contributed by atoms with Gasteiger partial charge in [-0.25, -0.2) is 8.42 Å². The number of ether oxygens (including phenoxy) is 2. The van der Waals surface area contributed by atoms with Crippen molar-refractivity contribution in [2.45, 2.75) is 17.7 Å². The molecule has 3 rings (SSSR count). The van der Waals surface area contributed by atoms with Crippen molar-refractivity contribution in [3.05, 3.63) is 54.1 Å². The van der Waals surface area contributed by atoms with Gasteiger partial charge in [-0.2, -0.15) is 4.31 Å². The van der Waals surface area contributed by atoms with Crippen LogP contribution in [0.3, 0.4) is 0 Å². The van der Waals surface area contributed by atoms with E-state index in [0.29, 0.717) is 35.8 Å². The molecule has 0 bridgehead atoms. The first kappa shape index (κ1) is 20.9. The maximum absolute atomic E-state index is 12.7. The highest BCUT2D eigenvalue weighted by atomic mass is 32.2. The number of rotatable bonds is 7. The number of amides is 1. The van der Waals surface area contributed by atoms with Crippen LogP contribution in [0.15, 0.2) is 53.4 Å².